The Bertz CT molecular complexity index is 1000. The predicted molar refractivity (Wildman–Crippen MR) is 95.7 cm³/mol. The summed E-state index contributed by atoms with van der Waals surface area (Å²) in [5.41, 5.74) is 0.841. The highest BCUT2D eigenvalue weighted by molar-refractivity contribution is 5.94. The van der Waals surface area contributed by atoms with Crippen molar-refractivity contribution >= 4 is 5.91 Å². The highest BCUT2D eigenvalue weighted by Gasteiger charge is 2.34. The molecule has 0 aliphatic carbocycles. The molecule has 0 N–H and O–H groups in total. The van der Waals surface area contributed by atoms with Gasteiger partial charge in [-0.1, -0.05) is 5.16 Å². The minimum atomic E-state index is -1.05. The third-order valence-corrected chi connectivity index (χ3v) is 4.76. The summed E-state index contributed by atoms with van der Waals surface area (Å²) in [5.74, 6) is -1.00. The number of hydrogen-bond acceptors (Lipinski definition) is 5. The Labute approximate surface area is 159 Å². The zero-order valence-corrected chi connectivity index (χ0v) is 15.1. The SMILES string of the molecule is COc1ccc(-c2noc([C@H]3CCCN3C(=O)c3ccc(F)c(F)c3)n2)cc1. The van der Waals surface area contributed by atoms with Crippen molar-refractivity contribution in [1.82, 2.24) is 15.0 Å². The van der Waals surface area contributed by atoms with Crippen LogP contribution in [0.3, 0.4) is 0 Å². The standard InChI is InChI=1S/C20H17F2N3O3/c1-27-14-7-4-12(5-8-14)18-23-19(28-24-18)17-3-2-10-25(17)20(26)13-6-9-15(21)16(22)11-13/h4-9,11,17H,2-3,10H2,1H3/t17-/m1/s1. The van der Waals surface area contributed by atoms with Crippen molar-refractivity contribution in [2.24, 2.45) is 0 Å². The van der Waals surface area contributed by atoms with Gasteiger partial charge in [-0.15, -0.1) is 0 Å². The van der Waals surface area contributed by atoms with E-state index in [0.29, 0.717) is 30.4 Å². The molecule has 0 radical (unpaired) electrons. The molecule has 0 unspecified atom stereocenters. The fraction of sp³-hybridized carbons (Fsp3) is 0.250. The van der Waals surface area contributed by atoms with Crippen LogP contribution in [0.1, 0.15) is 35.1 Å². The van der Waals surface area contributed by atoms with Gasteiger partial charge in [-0.25, -0.2) is 8.78 Å². The van der Waals surface area contributed by atoms with Crippen LogP contribution >= 0.6 is 0 Å². The van der Waals surface area contributed by atoms with Crippen molar-refractivity contribution in [3.63, 3.8) is 0 Å². The number of ether oxygens (including phenoxy) is 1. The topological polar surface area (TPSA) is 68.5 Å². The Kier molecular flexibility index (Phi) is 4.77. The summed E-state index contributed by atoms with van der Waals surface area (Å²) in [4.78, 5) is 18.8. The van der Waals surface area contributed by atoms with Crippen LogP contribution in [-0.4, -0.2) is 34.6 Å². The van der Waals surface area contributed by atoms with Gasteiger partial charge in [0.25, 0.3) is 5.91 Å². The number of benzene rings is 2. The van der Waals surface area contributed by atoms with Crippen molar-refractivity contribution in [2.45, 2.75) is 18.9 Å². The molecule has 1 saturated heterocycles. The largest absolute Gasteiger partial charge is 0.497 e. The normalized spacial score (nSPS) is 16.4. The van der Waals surface area contributed by atoms with Crippen LogP contribution in [0.4, 0.5) is 8.78 Å². The van der Waals surface area contributed by atoms with Gasteiger partial charge in [0, 0.05) is 17.7 Å². The third kappa shape index (κ3) is 3.33. The Hall–Kier alpha value is -3.29. The molecule has 2 heterocycles. The van der Waals surface area contributed by atoms with Gasteiger partial charge in [0.1, 0.15) is 11.8 Å². The quantitative estimate of drug-likeness (QED) is 0.679. The average Bonchev–Trinajstić information content (AvgIpc) is 3.39. The van der Waals surface area contributed by atoms with E-state index in [4.69, 9.17) is 9.26 Å². The summed E-state index contributed by atoms with van der Waals surface area (Å²) < 4.78 is 37.2. The van der Waals surface area contributed by atoms with Crippen LogP contribution in [0.25, 0.3) is 11.4 Å². The number of hydrogen-bond donors (Lipinski definition) is 0. The zero-order chi connectivity index (χ0) is 19.7. The molecule has 1 fully saturated rings. The Balaban J connectivity index is 1.57. The number of carbonyl (C=O) groups excluding carboxylic acids is 1. The number of amides is 1. The maximum Gasteiger partial charge on any atom is 0.254 e. The average molecular weight is 385 g/mol. The predicted octanol–water partition coefficient (Wildman–Crippen LogP) is 4.00. The summed E-state index contributed by atoms with van der Waals surface area (Å²) in [5, 5.41) is 4.00. The molecule has 4 rings (SSSR count). The molecule has 28 heavy (non-hydrogen) atoms. The van der Waals surface area contributed by atoms with Gasteiger partial charge < -0.3 is 14.2 Å². The molecule has 0 spiro atoms. The molecule has 8 heteroatoms. The van der Waals surface area contributed by atoms with Gasteiger partial charge in [0.05, 0.1) is 7.11 Å². The second-order valence-electron chi connectivity index (χ2n) is 6.47. The molecule has 1 aromatic heterocycles. The molecule has 0 saturated carbocycles. The fourth-order valence-corrected chi connectivity index (χ4v) is 3.29. The maximum absolute atomic E-state index is 13.5. The Morgan fingerprint density at radius 1 is 1.18 bits per heavy atom. The number of nitrogens with zero attached hydrogens (tertiary/aromatic N) is 3. The lowest BCUT2D eigenvalue weighted by Gasteiger charge is -2.21. The molecule has 1 amide bonds. The lowest BCUT2D eigenvalue weighted by molar-refractivity contribution is 0.0709. The van der Waals surface area contributed by atoms with Crippen molar-refractivity contribution in [3.8, 4) is 17.1 Å². The van der Waals surface area contributed by atoms with Crippen molar-refractivity contribution in [2.75, 3.05) is 13.7 Å². The molecule has 3 aromatic rings. The summed E-state index contributed by atoms with van der Waals surface area (Å²) in [6.07, 6.45) is 1.40. The van der Waals surface area contributed by atoms with Gasteiger partial charge >= 0.3 is 0 Å². The first kappa shape index (κ1) is 18.1. The van der Waals surface area contributed by atoms with E-state index in [0.717, 1.165) is 24.1 Å². The van der Waals surface area contributed by atoms with E-state index in [9.17, 15) is 13.6 Å². The number of aromatic nitrogens is 2. The number of carbonyl (C=O) groups is 1. The second kappa shape index (κ2) is 7.38. The third-order valence-electron chi connectivity index (χ3n) is 4.76. The maximum atomic E-state index is 13.5. The lowest BCUT2D eigenvalue weighted by Crippen LogP contribution is -2.30. The molecule has 2 aromatic carbocycles. The second-order valence-corrected chi connectivity index (χ2v) is 6.47. The molecule has 0 bridgehead atoms. The Morgan fingerprint density at radius 3 is 2.68 bits per heavy atom. The van der Waals surface area contributed by atoms with Crippen LogP contribution < -0.4 is 4.74 Å². The summed E-state index contributed by atoms with van der Waals surface area (Å²) in [6, 6.07) is 9.93. The van der Waals surface area contributed by atoms with Crippen LogP contribution in [-0.2, 0) is 0 Å². The van der Waals surface area contributed by atoms with E-state index in [1.54, 1.807) is 24.1 Å². The molecule has 6 nitrogen and oxygen atoms in total. The van der Waals surface area contributed by atoms with Gasteiger partial charge in [-0.2, -0.15) is 4.98 Å². The molecule has 1 aliphatic heterocycles. The van der Waals surface area contributed by atoms with Crippen molar-refractivity contribution in [1.29, 1.82) is 0 Å². The first-order valence-corrected chi connectivity index (χ1v) is 8.81. The first-order chi connectivity index (χ1) is 13.6. The van der Waals surface area contributed by atoms with Gasteiger partial charge in [0.2, 0.25) is 11.7 Å². The molecular weight excluding hydrogens is 368 g/mol. The first-order valence-electron chi connectivity index (χ1n) is 8.81. The van der Waals surface area contributed by atoms with Crippen molar-refractivity contribution in [3.05, 3.63) is 65.6 Å². The summed E-state index contributed by atoms with van der Waals surface area (Å²) in [7, 11) is 1.58. The Morgan fingerprint density at radius 2 is 1.96 bits per heavy atom. The van der Waals surface area contributed by atoms with Crippen LogP contribution in [0.15, 0.2) is 47.0 Å². The number of likely N-dealkylation sites (tertiary alicyclic amines) is 1. The zero-order valence-electron chi connectivity index (χ0n) is 15.1. The number of rotatable bonds is 4. The van der Waals surface area contributed by atoms with E-state index in [2.05, 4.69) is 10.1 Å². The minimum absolute atomic E-state index is 0.0840. The summed E-state index contributed by atoms with van der Waals surface area (Å²) in [6.45, 7) is 0.475. The van der Waals surface area contributed by atoms with Gasteiger partial charge in [0.15, 0.2) is 11.6 Å². The van der Waals surface area contributed by atoms with E-state index < -0.39 is 23.6 Å². The van der Waals surface area contributed by atoms with Gasteiger partial charge in [-0.05, 0) is 55.3 Å². The van der Waals surface area contributed by atoms with Crippen LogP contribution in [0.5, 0.6) is 5.75 Å². The smallest absolute Gasteiger partial charge is 0.254 e. The minimum Gasteiger partial charge on any atom is -0.497 e. The molecular formula is C20H17F2N3O3. The van der Waals surface area contributed by atoms with Crippen LogP contribution in [0.2, 0.25) is 0 Å². The molecule has 1 atom stereocenters. The van der Waals surface area contributed by atoms with E-state index in [-0.39, 0.29) is 5.56 Å². The van der Waals surface area contributed by atoms with E-state index >= 15 is 0 Å². The lowest BCUT2D eigenvalue weighted by atomic mass is 10.1. The highest BCUT2D eigenvalue weighted by Crippen LogP contribution is 2.33. The van der Waals surface area contributed by atoms with E-state index in [1.165, 1.54) is 6.07 Å². The fourth-order valence-electron chi connectivity index (χ4n) is 3.29. The summed E-state index contributed by atoms with van der Waals surface area (Å²) >= 11 is 0. The highest BCUT2D eigenvalue weighted by atomic mass is 19.2. The molecule has 144 valence electrons. The number of methoxy groups -OCH3 is 1. The van der Waals surface area contributed by atoms with Crippen LogP contribution in [0, 0.1) is 11.6 Å². The van der Waals surface area contributed by atoms with E-state index in [1.807, 2.05) is 12.1 Å². The van der Waals surface area contributed by atoms with Crippen molar-refractivity contribution < 1.29 is 22.8 Å². The monoisotopic (exact) mass is 385 g/mol. The number of halogens is 2. The molecule has 1 aliphatic rings. The van der Waals surface area contributed by atoms with Gasteiger partial charge in [-0.3, -0.25) is 4.79 Å².